The van der Waals surface area contributed by atoms with Crippen molar-refractivity contribution in [1.82, 2.24) is 4.57 Å². The topological polar surface area (TPSA) is 45.5 Å². The van der Waals surface area contributed by atoms with E-state index in [9.17, 15) is 9.90 Å². The van der Waals surface area contributed by atoms with Gasteiger partial charge in [-0.3, -0.25) is 9.69 Å². The number of aliphatic hydroxyl groups is 1. The third-order valence-corrected chi connectivity index (χ3v) is 6.29. The van der Waals surface area contributed by atoms with Crippen LogP contribution < -0.4 is 4.90 Å². The number of para-hydroxylation sites is 1. The molecule has 6 heteroatoms. The maximum Gasteiger partial charge on any atom is 0.267 e. The molecule has 0 radical (unpaired) electrons. The highest BCUT2D eigenvalue weighted by molar-refractivity contribution is 8.05. The molecule has 0 aliphatic carbocycles. The van der Waals surface area contributed by atoms with Crippen molar-refractivity contribution in [3.63, 3.8) is 0 Å². The number of carbonyl (C=O) groups is 1. The first-order valence-corrected chi connectivity index (χ1v) is 10.5. The summed E-state index contributed by atoms with van der Waals surface area (Å²) in [5.74, 6) is -0.197. The van der Waals surface area contributed by atoms with Crippen LogP contribution in [0.2, 0.25) is 5.02 Å². The van der Waals surface area contributed by atoms with Gasteiger partial charge in [0.1, 0.15) is 0 Å². The maximum atomic E-state index is 12.9. The zero-order valence-corrected chi connectivity index (χ0v) is 18.0. The van der Waals surface area contributed by atoms with Crippen LogP contribution >= 0.6 is 23.4 Å². The van der Waals surface area contributed by atoms with E-state index in [1.54, 1.807) is 0 Å². The van der Waals surface area contributed by atoms with Crippen LogP contribution in [0.3, 0.4) is 0 Å². The Morgan fingerprint density at radius 2 is 1.79 bits per heavy atom. The number of aromatic nitrogens is 1. The molecule has 4 nitrogen and oxygen atoms in total. The van der Waals surface area contributed by atoms with Gasteiger partial charge in [0, 0.05) is 27.8 Å². The molecule has 1 N–H and O–H groups in total. The van der Waals surface area contributed by atoms with E-state index in [1.165, 1.54) is 4.90 Å². The van der Waals surface area contributed by atoms with Gasteiger partial charge in [-0.1, -0.05) is 47.6 Å². The summed E-state index contributed by atoms with van der Waals surface area (Å²) in [6.07, 6.45) is 1.86. The second kappa shape index (κ2) is 7.75. The van der Waals surface area contributed by atoms with Gasteiger partial charge in [-0.05, 0) is 68.3 Å². The fourth-order valence-electron chi connectivity index (χ4n) is 3.63. The molecule has 148 valence electrons. The van der Waals surface area contributed by atoms with Gasteiger partial charge >= 0.3 is 0 Å². The average molecular weight is 425 g/mol. The number of aryl methyl sites for hydroxylation is 2. The van der Waals surface area contributed by atoms with Crippen LogP contribution in [0.1, 0.15) is 22.5 Å². The van der Waals surface area contributed by atoms with E-state index in [0.717, 1.165) is 40.0 Å². The quantitative estimate of drug-likeness (QED) is 0.568. The number of aliphatic hydroxyl groups excluding tert-OH is 1. The molecule has 1 aliphatic heterocycles. The van der Waals surface area contributed by atoms with E-state index in [1.807, 2.05) is 81.4 Å². The second-order valence-electron chi connectivity index (χ2n) is 7.06. The second-order valence-corrected chi connectivity index (χ2v) is 8.59. The van der Waals surface area contributed by atoms with Crippen molar-refractivity contribution < 1.29 is 9.90 Å². The number of amides is 1. The van der Waals surface area contributed by atoms with E-state index in [0.29, 0.717) is 15.6 Å². The van der Waals surface area contributed by atoms with Crippen molar-refractivity contribution >= 4 is 41.0 Å². The van der Waals surface area contributed by atoms with Crippen LogP contribution in [-0.2, 0) is 4.79 Å². The predicted molar refractivity (Wildman–Crippen MR) is 120 cm³/mol. The lowest BCUT2D eigenvalue weighted by atomic mass is 10.2. The minimum absolute atomic E-state index is 0.197. The Kier molecular flexibility index (Phi) is 5.30. The van der Waals surface area contributed by atoms with Crippen LogP contribution in [0.25, 0.3) is 11.8 Å². The molecular weight excluding hydrogens is 404 g/mol. The lowest BCUT2D eigenvalue weighted by Crippen LogP contribution is -2.31. The van der Waals surface area contributed by atoms with Gasteiger partial charge < -0.3 is 9.67 Å². The average Bonchev–Trinajstić information content (AvgIpc) is 3.13. The number of thioether (sulfide) groups is 1. The molecule has 2 heterocycles. The molecule has 1 atom stereocenters. The molecule has 2 aromatic carbocycles. The summed E-state index contributed by atoms with van der Waals surface area (Å²) in [7, 11) is 0. The molecule has 29 heavy (non-hydrogen) atoms. The largest absolute Gasteiger partial charge is 0.364 e. The molecule has 0 saturated carbocycles. The van der Waals surface area contributed by atoms with E-state index < -0.39 is 5.56 Å². The summed E-state index contributed by atoms with van der Waals surface area (Å²) in [4.78, 5) is 14.9. The van der Waals surface area contributed by atoms with Gasteiger partial charge in [-0.15, -0.1) is 0 Å². The standard InChI is InChI=1S/C23H21ClN2O2S/c1-14-9-10-18(24)13-20(14)25-15(2)11-17(16(25)3)12-21-22(27)26(23(28)29-21)19-7-5-4-6-8-19/h4-13,23,28H,1-3H3/b21-12+. The van der Waals surface area contributed by atoms with Gasteiger partial charge in [-0.25, -0.2) is 0 Å². The minimum Gasteiger partial charge on any atom is -0.364 e. The van der Waals surface area contributed by atoms with Gasteiger partial charge in [0.2, 0.25) is 0 Å². The molecule has 3 aromatic rings. The molecule has 1 aromatic heterocycles. The van der Waals surface area contributed by atoms with E-state index in [-0.39, 0.29) is 5.91 Å². The number of rotatable bonds is 3. The Bertz CT molecular complexity index is 1120. The molecule has 0 bridgehead atoms. The highest BCUT2D eigenvalue weighted by Crippen LogP contribution is 2.38. The molecular formula is C23H21ClN2O2S. The lowest BCUT2D eigenvalue weighted by Gasteiger charge is -2.18. The first-order valence-electron chi connectivity index (χ1n) is 9.27. The summed E-state index contributed by atoms with van der Waals surface area (Å²) in [6.45, 7) is 6.10. The van der Waals surface area contributed by atoms with Gasteiger partial charge in [0.25, 0.3) is 5.91 Å². The van der Waals surface area contributed by atoms with Crippen LogP contribution in [0.4, 0.5) is 5.69 Å². The van der Waals surface area contributed by atoms with Crippen LogP contribution in [0.15, 0.2) is 59.5 Å². The molecule has 1 aliphatic rings. The van der Waals surface area contributed by atoms with Crippen LogP contribution in [0, 0.1) is 20.8 Å². The fraction of sp³-hybridized carbons (Fsp3) is 0.174. The first kappa shape index (κ1) is 19.8. The molecule has 1 fully saturated rings. The lowest BCUT2D eigenvalue weighted by molar-refractivity contribution is -0.114. The third-order valence-electron chi connectivity index (χ3n) is 5.09. The summed E-state index contributed by atoms with van der Waals surface area (Å²) in [5, 5.41) is 11.1. The Morgan fingerprint density at radius 3 is 2.52 bits per heavy atom. The highest BCUT2D eigenvalue weighted by Gasteiger charge is 2.36. The fourth-order valence-corrected chi connectivity index (χ4v) is 4.74. The number of hydrogen-bond donors (Lipinski definition) is 1. The smallest absolute Gasteiger partial charge is 0.267 e. The predicted octanol–water partition coefficient (Wildman–Crippen LogP) is 5.45. The SMILES string of the molecule is Cc1ccc(Cl)cc1-n1c(C)cc(/C=C2/SC(O)N(c3ccccc3)C2=O)c1C. The molecule has 0 spiro atoms. The number of benzene rings is 2. The Balaban J connectivity index is 1.73. The Morgan fingerprint density at radius 1 is 1.07 bits per heavy atom. The van der Waals surface area contributed by atoms with Crippen LogP contribution in [0.5, 0.6) is 0 Å². The number of carbonyl (C=O) groups excluding carboxylic acids is 1. The van der Waals surface area contributed by atoms with Gasteiger partial charge in [-0.2, -0.15) is 0 Å². The van der Waals surface area contributed by atoms with Gasteiger partial charge in [0.15, 0.2) is 5.56 Å². The summed E-state index contributed by atoms with van der Waals surface area (Å²) >= 11 is 7.38. The van der Waals surface area contributed by atoms with Gasteiger partial charge in [0.05, 0.1) is 4.91 Å². The minimum atomic E-state index is -0.935. The number of halogens is 1. The normalized spacial score (nSPS) is 18.1. The van der Waals surface area contributed by atoms with E-state index in [4.69, 9.17) is 11.6 Å². The summed E-state index contributed by atoms with van der Waals surface area (Å²) in [5.41, 5.74) is 4.90. The number of hydrogen-bond acceptors (Lipinski definition) is 3. The number of nitrogens with zero attached hydrogens (tertiary/aromatic N) is 2. The molecule has 4 rings (SSSR count). The summed E-state index contributed by atoms with van der Waals surface area (Å²) in [6, 6.07) is 17.1. The third kappa shape index (κ3) is 3.62. The molecule has 1 saturated heterocycles. The maximum absolute atomic E-state index is 12.9. The van der Waals surface area contributed by atoms with Crippen molar-refractivity contribution in [2.45, 2.75) is 26.3 Å². The Labute approximate surface area is 179 Å². The van der Waals surface area contributed by atoms with Crippen molar-refractivity contribution in [3.05, 3.63) is 87.0 Å². The first-order chi connectivity index (χ1) is 13.9. The molecule has 1 amide bonds. The van der Waals surface area contributed by atoms with Crippen LogP contribution in [-0.4, -0.2) is 21.1 Å². The van der Waals surface area contributed by atoms with E-state index in [2.05, 4.69) is 4.57 Å². The van der Waals surface area contributed by atoms with Crippen molar-refractivity contribution in [2.75, 3.05) is 4.90 Å². The van der Waals surface area contributed by atoms with Crippen molar-refractivity contribution in [3.8, 4) is 5.69 Å². The zero-order valence-electron chi connectivity index (χ0n) is 16.4. The monoisotopic (exact) mass is 424 g/mol. The van der Waals surface area contributed by atoms with Crippen molar-refractivity contribution in [2.24, 2.45) is 0 Å². The highest BCUT2D eigenvalue weighted by atomic mass is 35.5. The van der Waals surface area contributed by atoms with E-state index >= 15 is 0 Å². The summed E-state index contributed by atoms with van der Waals surface area (Å²) < 4.78 is 2.14. The molecule has 1 unspecified atom stereocenters. The number of anilines is 1. The Hall–Kier alpha value is -2.47. The van der Waals surface area contributed by atoms with Crippen molar-refractivity contribution in [1.29, 1.82) is 0 Å². The zero-order chi connectivity index (χ0) is 20.7.